The van der Waals surface area contributed by atoms with Crippen LogP contribution in [0.2, 0.25) is 0 Å². The third-order valence-corrected chi connectivity index (χ3v) is 6.36. The number of anilines is 1. The van der Waals surface area contributed by atoms with E-state index >= 15 is 0 Å². The summed E-state index contributed by atoms with van der Waals surface area (Å²) in [6.07, 6.45) is 10.1. The summed E-state index contributed by atoms with van der Waals surface area (Å²) in [6.45, 7) is 2.36. The van der Waals surface area contributed by atoms with Crippen LogP contribution in [-0.4, -0.2) is 32.6 Å². The lowest BCUT2D eigenvalue weighted by Crippen LogP contribution is -2.37. The van der Waals surface area contributed by atoms with Gasteiger partial charge in [0.2, 0.25) is 0 Å². The molecule has 0 aromatic carbocycles. The molecule has 0 unspecified atom stereocenters. The SMILES string of the molecule is N#Cc1cc2c(nc1N1CCC(Cn3cnc(-c4cccnc4)cc3=O)CC1)CCC2. The van der Waals surface area contributed by atoms with Gasteiger partial charge in [0.25, 0.3) is 5.56 Å². The second-order valence-corrected chi connectivity index (χ2v) is 8.37. The summed E-state index contributed by atoms with van der Waals surface area (Å²) in [6, 6.07) is 9.69. The number of aryl methyl sites for hydroxylation is 2. The summed E-state index contributed by atoms with van der Waals surface area (Å²) < 4.78 is 1.70. The molecular formula is C24H24N6O. The number of nitrogens with zero attached hydrogens (tertiary/aromatic N) is 6. The molecule has 0 spiro atoms. The van der Waals surface area contributed by atoms with E-state index in [2.05, 4.69) is 20.9 Å². The minimum absolute atomic E-state index is 0.0386. The van der Waals surface area contributed by atoms with Crippen molar-refractivity contribution >= 4 is 5.82 Å². The Bertz CT molecular complexity index is 1190. The fourth-order valence-electron chi connectivity index (χ4n) is 4.63. The first-order valence-electron chi connectivity index (χ1n) is 10.9. The molecule has 1 fully saturated rings. The van der Waals surface area contributed by atoms with E-state index in [4.69, 9.17) is 4.98 Å². The molecule has 4 heterocycles. The van der Waals surface area contributed by atoms with Gasteiger partial charge < -0.3 is 4.90 Å². The van der Waals surface area contributed by atoms with Gasteiger partial charge >= 0.3 is 0 Å². The molecule has 5 rings (SSSR count). The van der Waals surface area contributed by atoms with Crippen LogP contribution in [0.15, 0.2) is 47.8 Å². The van der Waals surface area contributed by atoms with Gasteiger partial charge in [-0.15, -0.1) is 0 Å². The largest absolute Gasteiger partial charge is 0.355 e. The third kappa shape index (κ3) is 3.93. The molecule has 31 heavy (non-hydrogen) atoms. The molecule has 1 aliphatic carbocycles. The zero-order valence-corrected chi connectivity index (χ0v) is 17.4. The van der Waals surface area contributed by atoms with Crippen LogP contribution in [0.3, 0.4) is 0 Å². The van der Waals surface area contributed by atoms with Gasteiger partial charge in [0, 0.05) is 49.4 Å². The second-order valence-electron chi connectivity index (χ2n) is 8.37. The quantitative estimate of drug-likeness (QED) is 0.655. The van der Waals surface area contributed by atoms with Crippen molar-refractivity contribution in [3.8, 4) is 17.3 Å². The van der Waals surface area contributed by atoms with E-state index < -0.39 is 0 Å². The lowest BCUT2D eigenvalue weighted by Gasteiger charge is -2.33. The normalized spacial score (nSPS) is 16.2. The molecule has 156 valence electrons. The molecule has 3 aromatic heterocycles. The zero-order valence-electron chi connectivity index (χ0n) is 17.4. The highest BCUT2D eigenvalue weighted by molar-refractivity contribution is 5.57. The molecule has 2 aliphatic rings. The van der Waals surface area contributed by atoms with Gasteiger partial charge in [-0.2, -0.15) is 5.26 Å². The first-order valence-corrected chi connectivity index (χ1v) is 10.9. The van der Waals surface area contributed by atoms with Crippen molar-refractivity contribution < 1.29 is 0 Å². The zero-order chi connectivity index (χ0) is 21.2. The van der Waals surface area contributed by atoms with Crippen LogP contribution in [0.1, 0.15) is 36.1 Å². The Morgan fingerprint density at radius 1 is 1.19 bits per heavy atom. The van der Waals surface area contributed by atoms with Crippen molar-refractivity contribution in [3.05, 3.63) is 70.2 Å². The van der Waals surface area contributed by atoms with Crippen LogP contribution >= 0.6 is 0 Å². The molecule has 0 atom stereocenters. The lowest BCUT2D eigenvalue weighted by atomic mass is 9.96. The monoisotopic (exact) mass is 412 g/mol. The maximum Gasteiger partial charge on any atom is 0.253 e. The van der Waals surface area contributed by atoms with E-state index in [0.29, 0.717) is 23.7 Å². The number of pyridine rings is 2. The maximum absolute atomic E-state index is 12.6. The number of nitriles is 1. The lowest BCUT2D eigenvalue weighted by molar-refractivity contribution is 0.350. The van der Waals surface area contributed by atoms with Crippen molar-refractivity contribution in [1.82, 2.24) is 19.5 Å². The third-order valence-electron chi connectivity index (χ3n) is 6.36. The summed E-state index contributed by atoms with van der Waals surface area (Å²) in [7, 11) is 0. The van der Waals surface area contributed by atoms with Gasteiger partial charge in [0.15, 0.2) is 0 Å². The Kier molecular flexibility index (Phi) is 5.21. The standard InChI is InChI=1S/C24H24N6O/c25-13-20-11-18-3-1-5-21(18)28-24(20)29-9-6-17(7-10-29)15-30-16-27-22(12-23(30)31)19-4-2-8-26-14-19/h2,4,8,11-12,14,16-17H,1,3,5-7,9-10,15H2. The van der Waals surface area contributed by atoms with Crippen LogP contribution in [0.25, 0.3) is 11.3 Å². The molecule has 0 bridgehead atoms. The van der Waals surface area contributed by atoms with Gasteiger partial charge in [-0.05, 0) is 61.8 Å². The Labute approximate surface area is 181 Å². The van der Waals surface area contributed by atoms with E-state index in [1.807, 2.05) is 18.2 Å². The summed E-state index contributed by atoms with van der Waals surface area (Å²) in [5.74, 6) is 1.24. The number of rotatable bonds is 4. The first kappa shape index (κ1) is 19.4. The average Bonchev–Trinajstić information content (AvgIpc) is 3.28. The van der Waals surface area contributed by atoms with Gasteiger partial charge in [0.05, 0.1) is 17.6 Å². The molecule has 0 saturated carbocycles. The van der Waals surface area contributed by atoms with E-state index in [0.717, 1.165) is 62.3 Å². The van der Waals surface area contributed by atoms with Crippen LogP contribution in [-0.2, 0) is 19.4 Å². The Morgan fingerprint density at radius 3 is 2.81 bits per heavy atom. The van der Waals surface area contributed by atoms with Gasteiger partial charge in [-0.3, -0.25) is 14.3 Å². The van der Waals surface area contributed by atoms with E-state index in [1.165, 1.54) is 5.56 Å². The van der Waals surface area contributed by atoms with Crippen molar-refractivity contribution in [1.29, 1.82) is 5.26 Å². The number of hydrogen-bond acceptors (Lipinski definition) is 6. The topological polar surface area (TPSA) is 87.7 Å². The van der Waals surface area contributed by atoms with E-state index in [1.54, 1.807) is 29.4 Å². The maximum atomic E-state index is 12.6. The molecular weight excluding hydrogens is 388 g/mol. The van der Waals surface area contributed by atoms with Crippen molar-refractivity contribution in [2.75, 3.05) is 18.0 Å². The van der Waals surface area contributed by atoms with Crippen LogP contribution in [0.4, 0.5) is 5.82 Å². The minimum atomic E-state index is -0.0386. The number of aromatic nitrogens is 4. The number of hydrogen-bond donors (Lipinski definition) is 0. The highest BCUT2D eigenvalue weighted by Gasteiger charge is 2.25. The molecule has 0 N–H and O–H groups in total. The summed E-state index contributed by atoms with van der Waals surface area (Å²) >= 11 is 0. The van der Waals surface area contributed by atoms with Gasteiger partial charge in [-0.1, -0.05) is 0 Å². The number of piperidine rings is 1. The molecule has 1 saturated heterocycles. The van der Waals surface area contributed by atoms with Crippen LogP contribution < -0.4 is 10.5 Å². The summed E-state index contributed by atoms with van der Waals surface area (Å²) in [5, 5.41) is 9.60. The Hall–Kier alpha value is -3.53. The fourth-order valence-corrected chi connectivity index (χ4v) is 4.63. The molecule has 0 radical (unpaired) electrons. The Morgan fingerprint density at radius 2 is 2.06 bits per heavy atom. The van der Waals surface area contributed by atoms with Gasteiger partial charge in [-0.25, -0.2) is 9.97 Å². The molecule has 0 amide bonds. The Balaban J connectivity index is 1.26. The predicted octanol–water partition coefficient (Wildman–Crippen LogP) is 2.98. The highest BCUT2D eigenvalue weighted by Crippen LogP contribution is 2.30. The van der Waals surface area contributed by atoms with E-state index in [-0.39, 0.29) is 5.56 Å². The summed E-state index contributed by atoms with van der Waals surface area (Å²) in [5.41, 5.74) is 4.53. The average molecular weight is 412 g/mol. The second kappa shape index (κ2) is 8.31. The summed E-state index contributed by atoms with van der Waals surface area (Å²) in [4.78, 5) is 28.2. The first-order chi connectivity index (χ1) is 15.2. The predicted molar refractivity (Wildman–Crippen MR) is 118 cm³/mol. The van der Waals surface area contributed by atoms with Crippen molar-refractivity contribution in [3.63, 3.8) is 0 Å². The van der Waals surface area contributed by atoms with Crippen molar-refractivity contribution in [2.45, 2.75) is 38.6 Å². The van der Waals surface area contributed by atoms with Crippen LogP contribution in [0.5, 0.6) is 0 Å². The van der Waals surface area contributed by atoms with Crippen LogP contribution in [0, 0.1) is 17.2 Å². The number of fused-ring (bicyclic) bond motifs is 1. The molecule has 1 aliphatic heterocycles. The van der Waals surface area contributed by atoms with E-state index in [9.17, 15) is 10.1 Å². The molecule has 7 nitrogen and oxygen atoms in total. The molecule has 7 heteroatoms. The highest BCUT2D eigenvalue weighted by atomic mass is 16.1. The minimum Gasteiger partial charge on any atom is -0.355 e. The van der Waals surface area contributed by atoms with Gasteiger partial charge in [0.1, 0.15) is 11.9 Å². The smallest absolute Gasteiger partial charge is 0.253 e. The molecule has 3 aromatic rings. The van der Waals surface area contributed by atoms with Crippen molar-refractivity contribution in [2.24, 2.45) is 5.92 Å². The fraction of sp³-hybridized carbons (Fsp3) is 0.375.